The van der Waals surface area contributed by atoms with Gasteiger partial charge < -0.3 is 15.6 Å². The zero-order chi connectivity index (χ0) is 19.2. The third-order valence-corrected chi connectivity index (χ3v) is 4.46. The van der Waals surface area contributed by atoms with E-state index in [1.54, 1.807) is 0 Å². The molecule has 0 aliphatic carbocycles. The van der Waals surface area contributed by atoms with Gasteiger partial charge in [0.05, 0.1) is 0 Å². The molecule has 0 saturated carbocycles. The fraction of sp³-hybridized carbons (Fsp3) is 0.273. The summed E-state index contributed by atoms with van der Waals surface area (Å²) in [5, 5.41) is 2.96. The molecule has 0 aliphatic rings. The van der Waals surface area contributed by atoms with E-state index < -0.39 is 0 Å². The van der Waals surface area contributed by atoms with Crippen molar-refractivity contribution in [2.24, 2.45) is 5.73 Å². The maximum Gasteiger partial charge on any atom is 0.226 e. The van der Waals surface area contributed by atoms with Crippen LogP contribution >= 0.6 is 24.8 Å². The molecule has 1 heterocycles. The molecule has 0 saturated heterocycles. The number of halogens is 2. The van der Waals surface area contributed by atoms with Crippen LogP contribution in [0.25, 0.3) is 0 Å². The number of nitrogens with zero attached hydrogens (tertiary/aromatic N) is 2. The number of hydrogen-bond acceptors (Lipinski definition) is 3. The third-order valence-electron chi connectivity index (χ3n) is 4.46. The third kappa shape index (κ3) is 6.89. The van der Waals surface area contributed by atoms with Crippen molar-refractivity contribution in [2.45, 2.75) is 38.8 Å². The van der Waals surface area contributed by atoms with Gasteiger partial charge in [-0.3, -0.25) is 4.79 Å². The molecule has 7 heteroatoms. The highest BCUT2D eigenvalue weighted by Gasteiger charge is 2.12. The molecule has 2 aromatic carbocycles. The first kappa shape index (κ1) is 24.7. The molecule has 3 aromatic rings. The molecular weight excluding hydrogens is 407 g/mol. The molecule has 0 radical (unpaired) electrons. The Kier molecular flexibility index (Phi) is 9.89. The minimum Gasteiger partial charge on any atom is -0.330 e. The number of nitrogens with one attached hydrogen (secondary N) is 1. The Morgan fingerprint density at radius 3 is 2.52 bits per heavy atom. The van der Waals surface area contributed by atoms with Gasteiger partial charge in [0, 0.05) is 43.0 Å². The van der Waals surface area contributed by atoms with Crippen molar-refractivity contribution < 1.29 is 4.79 Å². The minimum absolute atomic E-state index is 0. The normalized spacial score (nSPS) is 11.3. The Balaban J connectivity index is 0.00000210. The zero-order valence-corrected chi connectivity index (χ0v) is 18.2. The number of hydrogen-bond donors (Lipinski definition) is 2. The Morgan fingerprint density at radius 2 is 1.83 bits per heavy atom. The average Bonchev–Trinajstić information content (AvgIpc) is 3.11. The molecule has 0 fully saturated rings. The summed E-state index contributed by atoms with van der Waals surface area (Å²) in [7, 11) is 0. The molecule has 29 heavy (non-hydrogen) atoms. The molecular formula is C22H28Cl2N4O. The lowest BCUT2D eigenvalue weighted by Crippen LogP contribution is -2.20. The molecule has 156 valence electrons. The van der Waals surface area contributed by atoms with Gasteiger partial charge in [-0.05, 0) is 23.3 Å². The summed E-state index contributed by atoms with van der Waals surface area (Å²) < 4.78 is 2.14. The van der Waals surface area contributed by atoms with Crippen molar-refractivity contribution in [3.05, 3.63) is 83.9 Å². The second kappa shape index (κ2) is 11.6. The van der Waals surface area contributed by atoms with Crippen LogP contribution in [0.5, 0.6) is 0 Å². The van der Waals surface area contributed by atoms with Gasteiger partial charge in [-0.2, -0.15) is 0 Å². The van der Waals surface area contributed by atoms with Crippen LogP contribution in [0.2, 0.25) is 0 Å². The Morgan fingerprint density at radius 1 is 1.10 bits per heavy atom. The second-order valence-corrected chi connectivity index (χ2v) is 7.04. The molecule has 1 amide bonds. The van der Waals surface area contributed by atoms with Gasteiger partial charge >= 0.3 is 0 Å². The van der Waals surface area contributed by atoms with Gasteiger partial charge in [0.1, 0.15) is 5.82 Å². The highest BCUT2D eigenvalue weighted by molar-refractivity contribution is 5.91. The number of amides is 1. The van der Waals surface area contributed by atoms with Crippen molar-refractivity contribution in [3.63, 3.8) is 0 Å². The highest BCUT2D eigenvalue weighted by atomic mass is 35.5. The molecule has 1 unspecified atom stereocenters. The molecule has 1 atom stereocenters. The lowest BCUT2D eigenvalue weighted by Gasteiger charge is -2.14. The summed E-state index contributed by atoms with van der Waals surface area (Å²) in [5.41, 5.74) is 9.00. The van der Waals surface area contributed by atoms with E-state index in [1.807, 2.05) is 60.9 Å². The van der Waals surface area contributed by atoms with Crippen LogP contribution in [-0.2, 0) is 11.3 Å². The van der Waals surface area contributed by atoms with E-state index in [1.165, 1.54) is 0 Å². The fourth-order valence-electron chi connectivity index (χ4n) is 3.13. The fourth-order valence-corrected chi connectivity index (χ4v) is 3.13. The molecule has 0 spiro atoms. The number of nitrogens with two attached hydrogens (primary N) is 1. The largest absolute Gasteiger partial charge is 0.330 e. The summed E-state index contributed by atoms with van der Waals surface area (Å²) in [6.07, 6.45) is 4.05. The number of anilines is 1. The monoisotopic (exact) mass is 434 g/mol. The van der Waals surface area contributed by atoms with Crippen LogP contribution < -0.4 is 11.1 Å². The maximum absolute atomic E-state index is 12.4. The van der Waals surface area contributed by atoms with Crippen LogP contribution in [0.1, 0.15) is 49.2 Å². The number of benzene rings is 2. The van der Waals surface area contributed by atoms with Gasteiger partial charge in [-0.1, -0.05) is 56.3 Å². The second-order valence-electron chi connectivity index (χ2n) is 7.04. The topological polar surface area (TPSA) is 72.9 Å². The first-order valence-corrected chi connectivity index (χ1v) is 9.23. The number of carbonyl (C=O) groups is 1. The number of carbonyl (C=O) groups excluding carboxylic acids is 1. The Bertz CT molecular complexity index is 897. The first-order chi connectivity index (χ1) is 13.0. The van der Waals surface area contributed by atoms with Crippen LogP contribution in [0.3, 0.4) is 0 Å². The summed E-state index contributed by atoms with van der Waals surface area (Å²) >= 11 is 0. The predicted octanol–water partition coefficient (Wildman–Crippen LogP) is 4.93. The van der Waals surface area contributed by atoms with Crippen molar-refractivity contribution in [1.82, 2.24) is 9.55 Å². The number of aromatic nitrogens is 2. The van der Waals surface area contributed by atoms with Gasteiger partial charge in [0.2, 0.25) is 5.91 Å². The van der Waals surface area contributed by atoms with Crippen molar-refractivity contribution in [2.75, 3.05) is 5.32 Å². The Hall–Kier alpha value is -2.34. The standard InChI is InChI=1S/C22H26N4O.2ClH/c1-16(2)22-24-11-12-26(22)15-17-7-6-10-19(13-17)25-21(27)14-20(23)18-8-4-3-5-9-18;;/h3-13,16,20H,14-15,23H2,1-2H3,(H,25,27);2*1H. The van der Waals surface area contributed by atoms with Crippen LogP contribution in [-0.4, -0.2) is 15.5 Å². The number of imidazole rings is 1. The molecule has 1 aromatic heterocycles. The summed E-state index contributed by atoms with van der Waals surface area (Å²) in [6.45, 7) is 4.98. The lowest BCUT2D eigenvalue weighted by atomic mass is 10.0. The van der Waals surface area contributed by atoms with Crippen molar-refractivity contribution in [1.29, 1.82) is 0 Å². The van der Waals surface area contributed by atoms with E-state index in [0.717, 1.165) is 29.2 Å². The molecule has 3 N–H and O–H groups in total. The lowest BCUT2D eigenvalue weighted by molar-refractivity contribution is -0.116. The van der Waals surface area contributed by atoms with Gasteiger partial charge in [0.15, 0.2) is 0 Å². The van der Waals surface area contributed by atoms with Crippen LogP contribution in [0.4, 0.5) is 5.69 Å². The molecule has 0 aliphatic heterocycles. The van der Waals surface area contributed by atoms with Gasteiger partial charge in [-0.25, -0.2) is 4.98 Å². The van der Waals surface area contributed by atoms with Crippen LogP contribution in [0, 0.1) is 0 Å². The maximum atomic E-state index is 12.4. The summed E-state index contributed by atoms with van der Waals surface area (Å²) in [4.78, 5) is 16.8. The summed E-state index contributed by atoms with van der Waals surface area (Å²) in [5.74, 6) is 1.33. The van der Waals surface area contributed by atoms with E-state index >= 15 is 0 Å². The Labute approximate surface area is 184 Å². The smallest absolute Gasteiger partial charge is 0.226 e. The average molecular weight is 435 g/mol. The zero-order valence-electron chi connectivity index (χ0n) is 16.6. The molecule has 0 bridgehead atoms. The van der Waals surface area contributed by atoms with Gasteiger partial charge in [0.25, 0.3) is 0 Å². The SMILES string of the molecule is CC(C)c1nccn1Cc1cccc(NC(=O)CC(N)c2ccccc2)c1.Cl.Cl. The predicted molar refractivity (Wildman–Crippen MR) is 123 cm³/mol. The highest BCUT2D eigenvalue weighted by Crippen LogP contribution is 2.18. The van der Waals surface area contributed by atoms with E-state index in [0.29, 0.717) is 5.92 Å². The van der Waals surface area contributed by atoms with E-state index in [-0.39, 0.29) is 43.2 Å². The van der Waals surface area contributed by atoms with E-state index in [9.17, 15) is 4.79 Å². The van der Waals surface area contributed by atoms with E-state index in [2.05, 4.69) is 34.8 Å². The van der Waals surface area contributed by atoms with E-state index in [4.69, 9.17) is 5.73 Å². The molecule has 5 nitrogen and oxygen atoms in total. The summed E-state index contributed by atoms with van der Waals surface area (Å²) in [6, 6.07) is 17.3. The quantitative estimate of drug-likeness (QED) is 0.553. The van der Waals surface area contributed by atoms with Gasteiger partial charge in [-0.15, -0.1) is 24.8 Å². The van der Waals surface area contributed by atoms with Crippen molar-refractivity contribution in [3.8, 4) is 0 Å². The minimum atomic E-state index is -0.311. The molecule has 3 rings (SSSR count). The number of rotatable bonds is 7. The van der Waals surface area contributed by atoms with Crippen molar-refractivity contribution >= 4 is 36.4 Å². The first-order valence-electron chi connectivity index (χ1n) is 9.23. The van der Waals surface area contributed by atoms with Crippen LogP contribution in [0.15, 0.2) is 67.0 Å².